The summed E-state index contributed by atoms with van der Waals surface area (Å²) in [7, 11) is 2.28. The van der Waals surface area contributed by atoms with Gasteiger partial charge in [0.25, 0.3) is 0 Å². The van der Waals surface area contributed by atoms with E-state index < -0.39 is 0 Å². The van der Waals surface area contributed by atoms with E-state index in [9.17, 15) is 0 Å². The Bertz CT molecular complexity index is 148. The van der Waals surface area contributed by atoms with E-state index in [4.69, 9.17) is 0 Å². The normalized spacial score (nSPS) is 22.6. The summed E-state index contributed by atoms with van der Waals surface area (Å²) in [4.78, 5) is 2.56. The predicted molar refractivity (Wildman–Crippen MR) is 58.0 cm³/mol. The summed E-state index contributed by atoms with van der Waals surface area (Å²) in [5.41, 5.74) is 0.472. The van der Waals surface area contributed by atoms with Crippen molar-refractivity contribution in [3.63, 3.8) is 0 Å². The summed E-state index contributed by atoms with van der Waals surface area (Å²) >= 11 is 0. The highest BCUT2D eigenvalue weighted by atomic mass is 15.2. The van der Waals surface area contributed by atoms with Crippen molar-refractivity contribution in [3.05, 3.63) is 0 Å². The fourth-order valence-corrected chi connectivity index (χ4v) is 2.40. The van der Waals surface area contributed by atoms with Crippen LogP contribution in [0.2, 0.25) is 0 Å². The zero-order chi connectivity index (χ0) is 9.90. The van der Waals surface area contributed by atoms with Crippen molar-refractivity contribution in [2.24, 2.45) is 0 Å². The Balaban J connectivity index is 2.66. The summed E-state index contributed by atoms with van der Waals surface area (Å²) < 4.78 is 0. The number of hydrogen-bond acceptors (Lipinski definition) is 2. The first kappa shape index (κ1) is 11.0. The molecule has 1 N–H and O–H groups in total. The first-order valence-corrected chi connectivity index (χ1v) is 5.56. The van der Waals surface area contributed by atoms with E-state index in [0.29, 0.717) is 11.6 Å². The Kier molecular flexibility index (Phi) is 3.74. The van der Waals surface area contributed by atoms with Gasteiger partial charge in [-0.25, -0.2) is 0 Å². The lowest BCUT2D eigenvalue weighted by Crippen LogP contribution is -2.54. The number of hydrogen-bond donors (Lipinski definition) is 1. The van der Waals surface area contributed by atoms with E-state index in [1.165, 1.54) is 32.4 Å². The van der Waals surface area contributed by atoms with Crippen LogP contribution in [0.25, 0.3) is 0 Å². The van der Waals surface area contributed by atoms with Gasteiger partial charge < -0.3 is 5.32 Å². The predicted octanol–water partition coefficient (Wildman–Crippen LogP) is 1.86. The highest BCUT2D eigenvalue weighted by Crippen LogP contribution is 2.29. The molecule has 1 rings (SSSR count). The number of nitrogens with one attached hydrogen (secondary N) is 1. The van der Waals surface area contributed by atoms with Crippen molar-refractivity contribution < 1.29 is 0 Å². The molecule has 0 amide bonds. The molecule has 0 unspecified atom stereocenters. The molecular weight excluding hydrogens is 160 g/mol. The third-order valence-corrected chi connectivity index (χ3v) is 3.72. The van der Waals surface area contributed by atoms with Crippen LogP contribution in [0.4, 0.5) is 0 Å². The largest absolute Gasteiger partial charge is 0.317 e. The molecule has 0 aromatic carbocycles. The second-order valence-electron chi connectivity index (χ2n) is 4.53. The Hall–Kier alpha value is -0.0800. The molecule has 0 atom stereocenters. The minimum absolute atomic E-state index is 0.472. The Morgan fingerprint density at radius 1 is 1.31 bits per heavy atom. The fourth-order valence-electron chi connectivity index (χ4n) is 2.40. The topological polar surface area (TPSA) is 15.3 Å². The monoisotopic (exact) mass is 184 g/mol. The van der Waals surface area contributed by atoms with Gasteiger partial charge >= 0.3 is 0 Å². The molecule has 0 radical (unpaired) electrons. The maximum absolute atomic E-state index is 3.44. The van der Waals surface area contributed by atoms with Gasteiger partial charge in [0.15, 0.2) is 0 Å². The standard InChI is InChI=1S/C11H24N2/c1-5-11(13(4)10(2)3)6-8-12-9-7-11/h10,12H,5-9H2,1-4H3. The first-order valence-electron chi connectivity index (χ1n) is 5.56. The van der Waals surface area contributed by atoms with Crippen LogP contribution in [0.1, 0.15) is 40.0 Å². The summed E-state index contributed by atoms with van der Waals surface area (Å²) in [5, 5.41) is 3.44. The molecule has 0 aliphatic carbocycles. The molecule has 2 nitrogen and oxygen atoms in total. The average Bonchev–Trinajstić information content (AvgIpc) is 2.17. The van der Waals surface area contributed by atoms with Gasteiger partial charge in [-0.2, -0.15) is 0 Å². The molecule has 78 valence electrons. The maximum atomic E-state index is 3.44. The van der Waals surface area contributed by atoms with Crippen LogP contribution in [0, 0.1) is 0 Å². The van der Waals surface area contributed by atoms with Crippen molar-refractivity contribution in [2.75, 3.05) is 20.1 Å². The van der Waals surface area contributed by atoms with Crippen LogP contribution < -0.4 is 5.32 Å². The van der Waals surface area contributed by atoms with Crippen LogP contribution in [0.3, 0.4) is 0 Å². The van der Waals surface area contributed by atoms with Gasteiger partial charge in [0.05, 0.1) is 0 Å². The summed E-state index contributed by atoms with van der Waals surface area (Å²) in [6.07, 6.45) is 3.89. The second-order valence-corrected chi connectivity index (χ2v) is 4.53. The number of piperidine rings is 1. The summed E-state index contributed by atoms with van der Waals surface area (Å²) in [6.45, 7) is 9.28. The van der Waals surface area contributed by atoms with E-state index in [1.54, 1.807) is 0 Å². The van der Waals surface area contributed by atoms with E-state index in [1.807, 2.05) is 0 Å². The molecule has 0 saturated carbocycles. The highest BCUT2D eigenvalue weighted by molar-refractivity contribution is 4.93. The average molecular weight is 184 g/mol. The van der Waals surface area contributed by atoms with E-state index >= 15 is 0 Å². The molecular formula is C11H24N2. The molecule has 2 heteroatoms. The van der Waals surface area contributed by atoms with E-state index in [2.05, 4.69) is 38.0 Å². The molecule has 1 heterocycles. The maximum Gasteiger partial charge on any atom is 0.0230 e. The zero-order valence-electron chi connectivity index (χ0n) is 9.56. The van der Waals surface area contributed by atoms with Crippen LogP contribution >= 0.6 is 0 Å². The molecule has 0 bridgehead atoms. The van der Waals surface area contributed by atoms with Gasteiger partial charge in [0, 0.05) is 11.6 Å². The van der Waals surface area contributed by atoms with Gasteiger partial charge in [-0.15, -0.1) is 0 Å². The third-order valence-electron chi connectivity index (χ3n) is 3.72. The molecule has 1 aliphatic heterocycles. The summed E-state index contributed by atoms with van der Waals surface area (Å²) in [6, 6.07) is 0.665. The second kappa shape index (κ2) is 4.43. The van der Waals surface area contributed by atoms with Crippen molar-refractivity contribution in [2.45, 2.75) is 51.6 Å². The van der Waals surface area contributed by atoms with Crippen LogP contribution in [-0.4, -0.2) is 36.6 Å². The number of nitrogens with zero attached hydrogens (tertiary/aromatic N) is 1. The van der Waals surface area contributed by atoms with E-state index in [0.717, 1.165) is 0 Å². The van der Waals surface area contributed by atoms with Gasteiger partial charge in [0.1, 0.15) is 0 Å². The quantitative estimate of drug-likeness (QED) is 0.720. The van der Waals surface area contributed by atoms with Crippen LogP contribution in [0.15, 0.2) is 0 Å². The fraction of sp³-hybridized carbons (Fsp3) is 1.00. The Labute approximate surface area is 82.7 Å². The van der Waals surface area contributed by atoms with Gasteiger partial charge in [-0.05, 0) is 53.2 Å². The highest BCUT2D eigenvalue weighted by Gasteiger charge is 2.34. The molecule has 0 aromatic heterocycles. The van der Waals surface area contributed by atoms with Crippen molar-refractivity contribution >= 4 is 0 Å². The van der Waals surface area contributed by atoms with Crippen molar-refractivity contribution in [1.82, 2.24) is 10.2 Å². The lowest BCUT2D eigenvalue weighted by Gasteiger charge is -2.46. The molecule has 0 spiro atoms. The molecule has 1 saturated heterocycles. The van der Waals surface area contributed by atoms with Gasteiger partial charge in [0.2, 0.25) is 0 Å². The number of rotatable bonds is 3. The molecule has 1 aliphatic rings. The van der Waals surface area contributed by atoms with Gasteiger partial charge in [-0.3, -0.25) is 4.90 Å². The van der Waals surface area contributed by atoms with Crippen molar-refractivity contribution in [3.8, 4) is 0 Å². The van der Waals surface area contributed by atoms with Crippen molar-refractivity contribution in [1.29, 1.82) is 0 Å². The Morgan fingerprint density at radius 3 is 2.23 bits per heavy atom. The van der Waals surface area contributed by atoms with Crippen LogP contribution in [0.5, 0.6) is 0 Å². The Morgan fingerprint density at radius 2 is 1.85 bits per heavy atom. The van der Waals surface area contributed by atoms with Crippen LogP contribution in [-0.2, 0) is 0 Å². The smallest absolute Gasteiger partial charge is 0.0230 e. The lowest BCUT2D eigenvalue weighted by atomic mass is 9.83. The molecule has 1 fully saturated rings. The van der Waals surface area contributed by atoms with E-state index in [-0.39, 0.29) is 0 Å². The SMILES string of the molecule is CCC1(N(C)C(C)C)CCNCC1. The minimum Gasteiger partial charge on any atom is -0.317 e. The summed E-state index contributed by atoms with van der Waals surface area (Å²) in [5.74, 6) is 0. The third kappa shape index (κ3) is 2.23. The zero-order valence-corrected chi connectivity index (χ0v) is 9.56. The first-order chi connectivity index (χ1) is 6.12. The molecule has 13 heavy (non-hydrogen) atoms. The lowest BCUT2D eigenvalue weighted by molar-refractivity contribution is 0.0511. The minimum atomic E-state index is 0.472. The molecule has 0 aromatic rings. The van der Waals surface area contributed by atoms with Gasteiger partial charge in [-0.1, -0.05) is 6.92 Å².